The Labute approximate surface area is 167 Å². The predicted octanol–water partition coefficient (Wildman–Crippen LogP) is 4.01. The first kappa shape index (κ1) is 18.3. The summed E-state index contributed by atoms with van der Waals surface area (Å²) in [6, 6.07) is 13.3. The number of hydrogen-bond acceptors (Lipinski definition) is 6. The number of nitrogens with zero attached hydrogens (tertiary/aromatic N) is 2. The number of methoxy groups -OCH3 is 1. The number of carbonyl (C=O) groups excluding carboxylic acids is 1. The second-order valence-corrected chi connectivity index (χ2v) is 6.99. The normalized spacial score (nSPS) is 13.0. The lowest BCUT2D eigenvalue weighted by atomic mass is 10.1. The Morgan fingerprint density at radius 1 is 1.18 bits per heavy atom. The molecule has 1 amide bonds. The van der Waals surface area contributed by atoms with E-state index >= 15 is 0 Å². The van der Waals surface area contributed by atoms with Crippen LogP contribution in [0.1, 0.15) is 6.42 Å². The highest BCUT2D eigenvalue weighted by Gasteiger charge is 2.25. The minimum atomic E-state index is -0.0487. The molecule has 0 saturated carbocycles. The Balaban J connectivity index is 1.41. The molecule has 1 aliphatic heterocycles. The second kappa shape index (κ2) is 8.31. The summed E-state index contributed by atoms with van der Waals surface area (Å²) in [5, 5.41) is 1.99. The Hall–Kier alpha value is -3.06. The van der Waals surface area contributed by atoms with Gasteiger partial charge in [-0.3, -0.25) is 4.79 Å². The van der Waals surface area contributed by atoms with Gasteiger partial charge in [0.15, 0.2) is 6.61 Å². The zero-order valence-corrected chi connectivity index (χ0v) is 16.3. The molecule has 0 N–H and O–H groups in total. The monoisotopic (exact) mass is 396 g/mol. The summed E-state index contributed by atoms with van der Waals surface area (Å²) >= 11 is 1.54. The van der Waals surface area contributed by atoms with Gasteiger partial charge in [-0.1, -0.05) is 0 Å². The highest BCUT2D eigenvalue weighted by molar-refractivity contribution is 7.07. The van der Waals surface area contributed by atoms with Crippen molar-refractivity contribution in [2.24, 2.45) is 0 Å². The van der Waals surface area contributed by atoms with Crippen molar-refractivity contribution in [2.45, 2.75) is 6.42 Å². The van der Waals surface area contributed by atoms with Gasteiger partial charge in [-0.15, -0.1) is 11.3 Å². The van der Waals surface area contributed by atoms with Crippen LogP contribution in [0.15, 0.2) is 53.4 Å². The molecule has 144 valence electrons. The van der Waals surface area contributed by atoms with Crippen LogP contribution >= 0.6 is 11.3 Å². The molecule has 0 atom stereocenters. The van der Waals surface area contributed by atoms with E-state index in [0.717, 1.165) is 34.2 Å². The number of benzene rings is 2. The molecule has 0 fully saturated rings. The summed E-state index contributed by atoms with van der Waals surface area (Å²) in [6.45, 7) is 1.13. The van der Waals surface area contributed by atoms with Crippen molar-refractivity contribution in [3.05, 3.63) is 53.4 Å². The number of fused-ring (bicyclic) bond motifs is 1. The maximum absolute atomic E-state index is 12.4. The molecule has 0 bridgehead atoms. The van der Waals surface area contributed by atoms with E-state index < -0.39 is 0 Å². The van der Waals surface area contributed by atoms with Crippen molar-refractivity contribution < 1.29 is 19.0 Å². The van der Waals surface area contributed by atoms with E-state index in [4.69, 9.17) is 14.2 Å². The van der Waals surface area contributed by atoms with Gasteiger partial charge >= 0.3 is 0 Å². The van der Waals surface area contributed by atoms with Crippen molar-refractivity contribution in [2.75, 3.05) is 31.8 Å². The second-order valence-electron chi connectivity index (χ2n) is 6.27. The molecule has 0 unspecified atom stereocenters. The summed E-state index contributed by atoms with van der Waals surface area (Å²) < 4.78 is 16.5. The average Bonchev–Trinajstić information content (AvgIpc) is 3.27. The van der Waals surface area contributed by atoms with Crippen LogP contribution in [0.5, 0.6) is 17.2 Å². The Bertz CT molecular complexity index is 942. The third-order valence-electron chi connectivity index (χ3n) is 4.48. The molecule has 0 spiro atoms. The van der Waals surface area contributed by atoms with E-state index in [2.05, 4.69) is 4.98 Å². The van der Waals surface area contributed by atoms with Gasteiger partial charge in [0.25, 0.3) is 5.91 Å². The van der Waals surface area contributed by atoms with Crippen LogP contribution in [0.3, 0.4) is 0 Å². The van der Waals surface area contributed by atoms with Crippen LogP contribution in [-0.4, -0.2) is 37.8 Å². The topological polar surface area (TPSA) is 60.9 Å². The van der Waals surface area contributed by atoms with E-state index in [1.807, 2.05) is 47.8 Å². The lowest BCUT2D eigenvalue weighted by Gasteiger charge is -2.29. The van der Waals surface area contributed by atoms with Crippen molar-refractivity contribution in [3.63, 3.8) is 0 Å². The molecule has 0 saturated heterocycles. The molecule has 1 aromatic heterocycles. The highest BCUT2D eigenvalue weighted by atomic mass is 32.1. The molecule has 3 aromatic rings. The van der Waals surface area contributed by atoms with E-state index in [-0.39, 0.29) is 12.5 Å². The SMILES string of the molecule is COc1ccc(OCCCN2C(=O)COc3ccc(-c4cscn4)cc32)cc1. The fourth-order valence-corrected chi connectivity index (χ4v) is 3.61. The fourth-order valence-electron chi connectivity index (χ4n) is 3.05. The van der Waals surface area contributed by atoms with Gasteiger partial charge in [-0.05, 0) is 48.9 Å². The number of carbonyl (C=O) groups is 1. The van der Waals surface area contributed by atoms with E-state index in [1.165, 1.54) is 0 Å². The van der Waals surface area contributed by atoms with Gasteiger partial charge in [0.2, 0.25) is 0 Å². The van der Waals surface area contributed by atoms with Crippen LogP contribution in [0.2, 0.25) is 0 Å². The quantitative estimate of drug-likeness (QED) is 0.565. The van der Waals surface area contributed by atoms with Crippen molar-refractivity contribution >= 4 is 22.9 Å². The summed E-state index contributed by atoms with van der Waals surface area (Å²) in [4.78, 5) is 18.5. The Kier molecular flexibility index (Phi) is 5.43. The summed E-state index contributed by atoms with van der Waals surface area (Å²) in [5.74, 6) is 2.24. The average molecular weight is 396 g/mol. The number of ether oxygens (including phenoxy) is 3. The van der Waals surface area contributed by atoms with Gasteiger partial charge in [0.1, 0.15) is 17.2 Å². The number of thiazole rings is 1. The molecule has 28 heavy (non-hydrogen) atoms. The molecule has 4 rings (SSSR count). The van der Waals surface area contributed by atoms with E-state index in [9.17, 15) is 4.79 Å². The summed E-state index contributed by atoms with van der Waals surface area (Å²) in [7, 11) is 1.63. The minimum absolute atomic E-state index is 0.0487. The van der Waals surface area contributed by atoms with Gasteiger partial charge in [0, 0.05) is 17.5 Å². The van der Waals surface area contributed by atoms with Crippen LogP contribution in [0.25, 0.3) is 11.3 Å². The first-order valence-corrected chi connectivity index (χ1v) is 9.91. The van der Waals surface area contributed by atoms with Crippen molar-refractivity contribution in [3.8, 4) is 28.5 Å². The number of rotatable bonds is 7. The number of anilines is 1. The summed E-state index contributed by atoms with van der Waals surface area (Å²) in [5.41, 5.74) is 4.45. The van der Waals surface area contributed by atoms with Crippen LogP contribution in [-0.2, 0) is 4.79 Å². The molecule has 2 heterocycles. The fraction of sp³-hybridized carbons (Fsp3) is 0.238. The molecular weight excluding hydrogens is 376 g/mol. The molecule has 1 aliphatic rings. The van der Waals surface area contributed by atoms with Gasteiger partial charge in [0.05, 0.1) is 30.6 Å². The molecule has 0 aliphatic carbocycles. The third kappa shape index (κ3) is 3.94. The number of amides is 1. The maximum atomic E-state index is 12.4. The Morgan fingerprint density at radius 2 is 2.00 bits per heavy atom. The molecular formula is C21H20N2O4S. The maximum Gasteiger partial charge on any atom is 0.265 e. The first-order valence-electron chi connectivity index (χ1n) is 8.97. The van der Waals surface area contributed by atoms with Gasteiger partial charge in [-0.2, -0.15) is 0 Å². The zero-order chi connectivity index (χ0) is 19.3. The highest BCUT2D eigenvalue weighted by Crippen LogP contribution is 2.36. The van der Waals surface area contributed by atoms with Crippen molar-refractivity contribution in [1.29, 1.82) is 0 Å². The van der Waals surface area contributed by atoms with Crippen LogP contribution < -0.4 is 19.1 Å². The summed E-state index contributed by atoms with van der Waals surface area (Å²) in [6.07, 6.45) is 0.706. The minimum Gasteiger partial charge on any atom is -0.497 e. The van der Waals surface area contributed by atoms with E-state index in [1.54, 1.807) is 28.9 Å². The van der Waals surface area contributed by atoms with E-state index in [0.29, 0.717) is 19.6 Å². The predicted molar refractivity (Wildman–Crippen MR) is 109 cm³/mol. The largest absolute Gasteiger partial charge is 0.497 e. The van der Waals surface area contributed by atoms with Gasteiger partial charge < -0.3 is 19.1 Å². The number of hydrogen-bond donors (Lipinski definition) is 0. The van der Waals surface area contributed by atoms with Gasteiger partial charge in [-0.25, -0.2) is 4.98 Å². The third-order valence-corrected chi connectivity index (χ3v) is 5.07. The smallest absolute Gasteiger partial charge is 0.265 e. The zero-order valence-electron chi connectivity index (χ0n) is 15.5. The first-order chi connectivity index (χ1) is 13.7. The van der Waals surface area contributed by atoms with Crippen LogP contribution in [0, 0.1) is 0 Å². The van der Waals surface area contributed by atoms with Crippen LogP contribution in [0.4, 0.5) is 5.69 Å². The molecule has 6 nitrogen and oxygen atoms in total. The molecule has 0 radical (unpaired) electrons. The molecule has 7 heteroatoms. The van der Waals surface area contributed by atoms with Crippen molar-refractivity contribution in [1.82, 2.24) is 4.98 Å². The lowest BCUT2D eigenvalue weighted by molar-refractivity contribution is -0.121. The standard InChI is InChI=1S/C21H20N2O4S/c1-25-16-4-6-17(7-5-16)26-10-2-9-23-19-11-15(18-13-28-14-22-18)3-8-20(19)27-12-21(23)24/h3-8,11,13-14H,2,9-10,12H2,1H3. The lowest BCUT2D eigenvalue weighted by Crippen LogP contribution is -2.39. The number of aromatic nitrogens is 1. The Morgan fingerprint density at radius 3 is 2.75 bits per heavy atom. The molecule has 2 aromatic carbocycles.